The van der Waals surface area contributed by atoms with Crippen molar-refractivity contribution < 1.29 is 14.3 Å². The monoisotopic (exact) mass is 424 g/mol. The van der Waals surface area contributed by atoms with Gasteiger partial charge in [0.15, 0.2) is 11.5 Å². The summed E-state index contributed by atoms with van der Waals surface area (Å²) in [5.41, 5.74) is 1.61. The minimum absolute atomic E-state index is 0.0484. The van der Waals surface area contributed by atoms with Crippen LogP contribution in [0.4, 0.5) is 5.82 Å². The van der Waals surface area contributed by atoms with Crippen molar-refractivity contribution in [3.05, 3.63) is 36.4 Å². The third-order valence-corrected chi connectivity index (χ3v) is 5.61. The number of hydrogen-bond donors (Lipinski definition) is 1. The molecule has 1 aliphatic heterocycles. The summed E-state index contributed by atoms with van der Waals surface area (Å²) >= 11 is 0. The molecule has 0 spiro atoms. The first-order chi connectivity index (χ1) is 15.2. The van der Waals surface area contributed by atoms with Crippen LogP contribution in [-0.2, 0) is 9.53 Å². The highest BCUT2D eigenvalue weighted by Crippen LogP contribution is 2.25. The molecule has 0 atom stereocenters. The van der Waals surface area contributed by atoms with Gasteiger partial charge in [0, 0.05) is 44.8 Å². The molecule has 3 heterocycles. The van der Waals surface area contributed by atoms with Crippen molar-refractivity contribution in [1.82, 2.24) is 25.1 Å². The minimum Gasteiger partial charge on any atom is -0.497 e. The molecule has 1 amide bonds. The molecular formula is C22H28N6O3. The van der Waals surface area contributed by atoms with E-state index in [9.17, 15) is 4.79 Å². The fraction of sp³-hybridized carbons (Fsp3) is 0.455. The third-order valence-electron chi connectivity index (χ3n) is 5.61. The lowest BCUT2D eigenvalue weighted by atomic mass is 9.96. The summed E-state index contributed by atoms with van der Waals surface area (Å²) in [5, 5.41) is 16.4. The van der Waals surface area contributed by atoms with Crippen LogP contribution in [0.15, 0.2) is 36.4 Å². The predicted octanol–water partition coefficient (Wildman–Crippen LogP) is 2.17. The van der Waals surface area contributed by atoms with Gasteiger partial charge in [-0.1, -0.05) is 0 Å². The average Bonchev–Trinajstić information content (AvgIpc) is 3.25. The van der Waals surface area contributed by atoms with Crippen LogP contribution in [0.5, 0.6) is 5.75 Å². The average molecular weight is 425 g/mol. The van der Waals surface area contributed by atoms with Gasteiger partial charge >= 0.3 is 0 Å². The summed E-state index contributed by atoms with van der Waals surface area (Å²) < 4.78 is 12.0. The van der Waals surface area contributed by atoms with Gasteiger partial charge in [-0.3, -0.25) is 4.79 Å². The Morgan fingerprint density at radius 3 is 2.58 bits per heavy atom. The van der Waals surface area contributed by atoms with Crippen molar-refractivity contribution in [3.8, 4) is 17.1 Å². The zero-order chi connectivity index (χ0) is 21.6. The Balaban J connectivity index is 1.43. The largest absolute Gasteiger partial charge is 0.497 e. The number of fused-ring (bicyclic) bond motifs is 1. The number of rotatable bonds is 8. The molecule has 1 aromatic carbocycles. The summed E-state index contributed by atoms with van der Waals surface area (Å²) in [4.78, 5) is 14.6. The summed E-state index contributed by atoms with van der Waals surface area (Å²) in [7, 11) is 3.31. The van der Waals surface area contributed by atoms with Gasteiger partial charge in [-0.2, -0.15) is 4.52 Å². The summed E-state index contributed by atoms with van der Waals surface area (Å²) in [5.74, 6) is 2.52. The Labute approximate surface area is 181 Å². The molecule has 1 N–H and O–H groups in total. The molecule has 0 radical (unpaired) electrons. The Morgan fingerprint density at radius 2 is 1.87 bits per heavy atom. The molecule has 3 aromatic rings. The molecule has 0 bridgehead atoms. The van der Waals surface area contributed by atoms with E-state index in [0.29, 0.717) is 24.6 Å². The molecule has 164 valence electrons. The second-order valence-corrected chi connectivity index (χ2v) is 7.61. The molecule has 0 aliphatic carbocycles. The number of hydrogen-bond acceptors (Lipinski definition) is 7. The number of benzene rings is 1. The molecule has 1 fully saturated rings. The zero-order valence-corrected chi connectivity index (χ0v) is 18.0. The number of nitrogens with one attached hydrogen (secondary N) is 1. The van der Waals surface area contributed by atoms with E-state index < -0.39 is 0 Å². The normalized spacial score (nSPS) is 14.7. The fourth-order valence-electron chi connectivity index (χ4n) is 3.81. The smallest absolute Gasteiger partial charge is 0.223 e. The zero-order valence-electron chi connectivity index (χ0n) is 18.0. The van der Waals surface area contributed by atoms with Crippen LogP contribution in [-0.4, -0.2) is 66.2 Å². The molecular weight excluding hydrogens is 396 g/mol. The van der Waals surface area contributed by atoms with E-state index in [1.54, 1.807) is 18.7 Å². The number of carbonyl (C=O) groups excluding carboxylic acids is 1. The van der Waals surface area contributed by atoms with Gasteiger partial charge in [0.2, 0.25) is 5.91 Å². The lowest BCUT2D eigenvalue weighted by Crippen LogP contribution is -2.41. The SMILES string of the molecule is COCCCNC(=O)C1CCN(c2ccc3nnc(-c4ccc(OC)cc4)n3n2)CC1. The van der Waals surface area contributed by atoms with Crippen LogP contribution < -0.4 is 15.0 Å². The minimum atomic E-state index is 0.0484. The number of amides is 1. The maximum Gasteiger partial charge on any atom is 0.223 e. The summed E-state index contributed by atoms with van der Waals surface area (Å²) in [6, 6.07) is 11.6. The molecule has 0 unspecified atom stereocenters. The molecule has 31 heavy (non-hydrogen) atoms. The number of methoxy groups -OCH3 is 2. The van der Waals surface area contributed by atoms with Gasteiger partial charge in [0.05, 0.1) is 7.11 Å². The molecule has 1 aliphatic rings. The van der Waals surface area contributed by atoms with Crippen LogP contribution in [0.2, 0.25) is 0 Å². The summed E-state index contributed by atoms with van der Waals surface area (Å²) in [6.07, 6.45) is 2.45. The van der Waals surface area contributed by atoms with Crippen molar-refractivity contribution >= 4 is 17.4 Å². The number of anilines is 1. The van der Waals surface area contributed by atoms with Gasteiger partial charge in [-0.25, -0.2) is 0 Å². The Hall–Kier alpha value is -3.20. The Kier molecular flexibility index (Phi) is 6.61. The predicted molar refractivity (Wildman–Crippen MR) is 117 cm³/mol. The van der Waals surface area contributed by atoms with Crippen molar-refractivity contribution in [3.63, 3.8) is 0 Å². The number of nitrogens with zero attached hydrogens (tertiary/aromatic N) is 5. The van der Waals surface area contributed by atoms with Crippen molar-refractivity contribution in [1.29, 1.82) is 0 Å². The van der Waals surface area contributed by atoms with Crippen molar-refractivity contribution in [2.75, 3.05) is 45.4 Å². The lowest BCUT2D eigenvalue weighted by molar-refractivity contribution is -0.125. The standard InChI is InChI=1S/C22H28N6O3/c1-30-15-3-12-23-22(29)17-10-13-27(14-11-17)20-9-8-19-24-25-21(28(19)26-20)16-4-6-18(31-2)7-5-16/h4-9,17H,3,10-15H2,1-2H3,(H,23,29). The van der Waals surface area contributed by atoms with Gasteiger partial charge in [0.25, 0.3) is 0 Å². The first-order valence-corrected chi connectivity index (χ1v) is 10.6. The highest BCUT2D eigenvalue weighted by molar-refractivity contribution is 5.79. The molecule has 1 saturated heterocycles. The van der Waals surface area contributed by atoms with Crippen molar-refractivity contribution in [2.24, 2.45) is 5.92 Å². The third kappa shape index (κ3) is 4.77. The van der Waals surface area contributed by atoms with E-state index in [-0.39, 0.29) is 11.8 Å². The number of piperidine rings is 1. The van der Waals surface area contributed by atoms with Crippen LogP contribution in [0, 0.1) is 5.92 Å². The van der Waals surface area contributed by atoms with Crippen molar-refractivity contribution in [2.45, 2.75) is 19.3 Å². The first-order valence-electron chi connectivity index (χ1n) is 10.6. The van der Waals surface area contributed by atoms with E-state index in [4.69, 9.17) is 14.6 Å². The van der Waals surface area contributed by atoms with E-state index in [2.05, 4.69) is 20.4 Å². The second kappa shape index (κ2) is 9.74. The fourth-order valence-corrected chi connectivity index (χ4v) is 3.81. The molecule has 2 aromatic heterocycles. The second-order valence-electron chi connectivity index (χ2n) is 7.61. The van der Waals surface area contributed by atoms with E-state index in [0.717, 1.165) is 49.5 Å². The maximum absolute atomic E-state index is 12.4. The summed E-state index contributed by atoms with van der Waals surface area (Å²) in [6.45, 7) is 2.89. The topological polar surface area (TPSA) is 93.9 Å². The number of ether oxygens (including phenoxy) is 2. The highest BCUT2D eigenvalue weighted by Gasteiger charge is 2.26. The molecule has 9 nitrogen and oxygen atoms in total. The Morgan fingerprint density at radius 1 is 1.10 bits per heavy atom. The quantitative estimate of drug-likeness (QED) is 0.554. The van der Waals surface area contributed by atoms with Gasteiger partial charge in [-0.15, -0.1) is 15.3 Å². The van der Waals surface area contributed by atoms with E-state index in [1.165, 1.54) is 0 Å². The molecule has 0 saturated carbocycles. The number of aromatic nitrogens is 4. The van der Waals surface area contributed by atoms with Gasteiger partial charge in [0.1, 0.15) is 11.6 Å². The van der Waals surface area contributed by atoms with Gasteiger partial charge in [-0.05, 0) is 55.7 Å². The number of carbonyl (C=O) groups is 1. The highest BCUT2D eigenvalue weighted by atomic mass is 16.5. The van der Waals surface area contributed by atoms with Gasteiger partial charge < -0.3 is 19.7 Å². The van der Waals surface area contributed by atoms with Crippen LogP contribution in [0.1, 0.15) is 19.3 Å². The lowest BCUT2D eigenvalue weighted by Gasteiger charge is -2.32. The van der Waals surface area contributed by atoms with E-state index >= 15 is 0 Å². The van der Waals surface area contributed by atoms with Crippen LogP contribution in [0.25, 0.3) is 17.0 Å². The molecule has 9 heteroatoms. The molecule has 4 rings (SSSR count). The van der Waals surface area contributed by atoms with E-state index in [1.807, 2.05) is 36.4 Å². The maximum atomic E-state index is 12.4. The Bertz CT molecular complexity index is 1010. The first kappa shape index (κ1) is 21.0. The van der Waals surface area contributed by atoms with Crippen LogP contribution in [0.3, 0.4) is 0 Å². The van der Waals surface area contributed by atoms with Crippen LogP contribution >= 0.6 is 0 Å².